The summed E-state index contributed by atoms with van der Waals surface area (Å²) in [5, 5.41) is 3.47. The van der Waals surface area contributed by atoms with Crippen molar-refractivity contribution in [1.82, 2.24) is 24.3 Å². The average Bonchev–Trinajstić information content (AvgIpc) is 2.63. The minimum absolute atomic E-state index is 0.139. The van der Waals surface area contributed by atoms with E-state index >= 15 is 0 Å². The Morgan fingerprint density at radius 2 is 2.04 bits per heavy atom. The van der Waals surface area contributed by atoms with E-state index in [0.717, 1.165) is 17.4 Å². The molecule has 2 aromatic heterocycles. The normalized spacial score (nSPS) is 18.1. The van der Waals surface area contributed by atoms with Crippen molar-refractivity contribution < 1.29 is 4.79 Å². The number of aryl methyl sites for hydroxylation is 1. The molecule has 0 bridgehead atoms. The molecule has 0 saturated carbocycles. The molecule has 0 radical (unpaired) electrons. The lowest BCUT2D eigenvalue weighted by molar-refractivity contribution is 0.0698. The van der Waals surface area contributed by atoms with Crippen molar-refractivity contribution in [1.29, 1.82) is 0 Å². The Labute approximate surface area is 138 Å². The number of carbonyl (C=O) groups is 1. The molecular formula is C16H21N5O3. The van der Waals surface area contributed by atoms with Crippen LogP contribution in [0.3, 0.4) is 0 Å². The largest absolute Gasteiger partial charge is 0.337 e. The number of pyridine rings is 1. The third-order valence-corrected chi connectivity index (χ3v) is 4.66. The lowest BCUT2D eigenvalue weighted by Crippen LogP contribution is -2.47. The van der Waals surface area contributed by atoms with Gasteiger partial charge in [0.05, 0.1) is 10.9 Å². The Bertz CT molecular complexity index is 914. The number of nitrogens with zero attached hydrogens (tertiary/aromatic N) is 4. The number of piperidine rings is 1. The number of hydrogen-bond acceptors (Lipinski definition) is 5. The number of aromatic nitrogens is 3. The molecule has 2 aromatic rings. The zero-order valence-electron chi connectivity index (χ0n) is 14.1. The molecule has 1 aliphatic heterocycles. The highest BCUT2D eigenvalue weighted by Gasteiger charge is 2.24. The molecule has 1 aliphatic rings. The molecule has 0 unspecified atom stereocenters. The Kier molecular flexibility index (Phi) is 4.23. The van der Waals surface area contributed by atoms with Crippen LogP contribution in [0.5, 0.6) is 0 Å². The first-order valence-electron chi connectivity index (χ1n) is 7.96. The molecule has 1 saturated heterocycles. The zero-order valence-corrected chi connectivity index (χ0v) is 14.1. The maximum absolute atomic E-state index is 12.7. The van der Waals surface area contributed by atoms with E-state index in [1.807, 2.05) is 7.05 Å². The predicted octanol–water partition coefficient (Wildman–Crippen LogP) is -0.544. The molecule has 128 valence electrons. The quantitative estimate of drug-likeness (QED) is 0.798. The molecule has 1 amide bonds. The maximum Gasteiger partial charge on any atom is 0.332 e. The molecule has 0 aliphatic carbocycles. The summed E-state index contributed by atoms with van der Waals surface area (Å²) in [5.41, 5.74) is -0.227. The van der Waals surface area contributed by atoms with Crippen LogP contribution >= 0.6 is 0 Å². The number of likely N-dealkylation sites (tertiary alicyclic amines) is 1. The van der Waals surface area contributed by atoms with Gasteiger partial charge in [0.1, 0.15) is 5.65 Å². The van der Waals surface area contributed by atoms with Crippen LogP contribution in [-0.2, 0) is 14.1 Å². The van der Waals surface area contributed by atoms with E-state index < -0.39 is 11.2 Å². The van der Waals surface area contributed by atoms with Gasteiger partial charge in [0.25, 0.3) is 11.5 Å². The Balaban J connectivity index is 2.03. The minimum atomic E-state index is -0.443. The van der Waals surface area contributed by atoms with Gasteiger partial charge in [-0.05, 0) is 26.0 Å². The fourth-order valence-corrected chi connectivity index (χ4v) is 3.16. The van der Waals surface area contributed by atoms with Crippen molar-refractivity contribution in [3.8, 4) is 0 Å². The SMILES string of the molecule is CN[C@@H]1CCCN(C(=O)c2cnc3c(c2)c(=O)n(C)c(=O)n3C)C1. The molecule has 3 rings (SSSR count). The Morgan fingerprint density at radius 1 is 1.29 bits per heavy atom. The first-order chi connectivity index (χ1) is 11.4. The summed E-state index contributed by atoms with van der Waals surface area (Å²) in [7, 11) is 4.86. The van der Waals surface area contributed by atoms with Crippen LogP contribution < -0.4 is 16.6 Å². The van der Waals surface area contributed by atoms with Gasteiger partial charge in [-0.3, -0.25) is 18.7 Å². The molecule has 0 aromatic carbocycles. The van der Waals surface area contributed by atoms with Crippen LogP contribution in [0.15, 0.2) is 21.9 Å². The standard InChI is InChI=1S/C16H21N5O3/c1-17-11-5-4-6-21(9-11)14(22)10-7-12-13(18-8-10)19(2)16(24)20(3)15(12)23/h7-8,11,17H,4-6,9H2,1-3H3/t11-/m1/s1. The molecule has 24 heavy (non-hydrogen) atoms. The van der Waals surface area contributed by atoms with Crippen molar-refractivity contribution in [2.24, 2.45) is 14.1 Å². The van der Waals surface area contributed by atoms with Crippen LogP contribution in [0.4, 0.5) is 0 Å². The van der Waals surface area contributed by atoms with Crippen molar-refractivity contribution in [3.63, 3.8) is 0 Å². The lowest BCUT2D eigenvalue weighted by atomic mass is 10.0. The third kappa shape index (κ3) is 2.62. The van der Waals surface area contributed by atoms with Gasteiger partial charge in [-0.15, -0.1) is 0 Å². The van der Waals surface area contributed by atoms with E-state index in [1.165, 1.54) is 23.9 Å². The van der Waals surface area contributed by atoms with E-state index in [4.69, 9.17) is 0 Å². The molecule has 0 spiro atoms. The van der Waals surface area contributed by atoms with Gasteiger partial charge in [-0.1, -0.05) is 0 Å². The van der Waals surface area contributed by atoms with E-state index in [9.17, 15) is 14.4 Å². The van der Waals surface area contributed by atoms with Crippen molar-refractivity contribution in [2.75, 3.05) is 20.1 Å². The summed E-state index contributed by atoms with van der Waals surface area (Å²) < 4.78 is 2.33. The fraction of sp³-hybridized carbons (Fsp3) is 0.500. The van der Waals surface area contributed by atoms with Gasteiger partial charge in [-0.25, -0.2) is 9.78 Å². The number of fused-ring (bicyclic) bond motifs is 1. The lowest BCUT2D eigenvalue weighted by Gasteiger charge is -2.32. The topological polar surface area (TPSA) is 89.2 Å². The number of rotatable bonds is 2. The summed E-state index contributed by atoms with van der Waals surface area (Å²) in [6.07, 6.45) is 3.42. The highest BCUT2D eigenvalue weighted by atomic mass is 16.2. The zero-order chi connectivity index (χ0) is 17.4. The van der Waals surface area contributed by atoms with Gasteiger partial charge in [0.2, 0.25) is 0 Å². The van der Waals surface area contributed by atoms with Crippen molar-refractivity contribution in [2.45, 2.75) is 18.9 Å². The summed E-state index contributed by atoms with van der Waals surface area (Å²) in [6.45, 7) is 1.33. The summed E-state index contributed by atoms with van der Waals surface area (Å²) in [5.74, 6) is -0.139. The summed E-state index contributed by atoms with van der Waals surface area (Å²) in [4.78, 5) is 43.0. The number of nitrogens with one attached hydrogen (secondary N) is 1. The summed E-state index contributed by atoms with van der Waals surface area (Å²) >= 11 is 0. The second kappa shape index (κ2) is 6.20. The molecule has 8 nitrogen and oxygen atoms in total. The van der Waals surface area contributed by atoms with Gasteiger partial charge < -0.3 is 10.2 Å². The van der Waals surface area contributed by atoms with Crippen LogP contribution in [0.1, 0.15) is 23.2 Å². The number of likely N-dealkylation sites (N-methyl/N-ethyl adjacent to an activating group) is 1. The van der Waals surface area contributed by atoms with Gasteiger partial charge >= 0.3 is 5.69 Å². The van der Waals surface area contributed by atoms with Crippen LogP contribution in [0, 0.1) is 0 Å². The smallest absolute Gasteiger partial charge is 0.332 e. The van der Waals surface area contributed by atoms with Crippen LogP contribution in [-0.4, -0.2) is 51.1 Å². The van der Waals surface area contributed by atoms with Crippen LogP contribution in [0.2, 0.25) is 0 Å². The van der Waals surface area contributed by atoms with Crippen molar-refractivity contribution in [3.05, 3.63) is 38.7 Å². The summed E-state index contributed by atoms with van der Waals surface area (Å²) in [6, 6.07) is 1.82. The Hall–Kier alpha value is -2.48. The van der Waals surface area contributed by atoms with E-state index in [0.29, 0.717) is 18.7 Å². The molecule has 8 heteroatoms. The van der Waals surface area contributed by atoms with Gasteiger partial charge in [0.15, 0.2) is 0 Å². The predicted molar refractivity (Wildman–Crippen MR) is 90.2 cm³/mol. The van der Waals surface area contributed by atoms with Crippen LogP contribution in [0.25, 0.3) is 11.0 Å². The highest BCUT2D eigenvalue weighted by Crippen LogP contribution is 2.15. The molecule has 3 heterocycles. The number of amides is 1. The number of carbonyl (C=O) groups excluding carboxylic acids is 1. The molecule has 1 fully saturated rings. The Morgan fingerprint density at radius 3 is 2.75 bits per heavy atom. The molecular weight excluding hydrogens is 310 g/mol. The van der Waals surface area contributed by atoms with E-state index in [1.54, 1.807) is 11.9 Å². The maximum atomic E-state index is 12.7. The van der Waals surface area contributed by atoms with E-state index in [2.05, 4.69) is 10.3 Å². The second-order valence-corrected chi connectivity index (χ2v) is 6.18. The first kappa shape index (κ1) is 16.4. The van der Waals surface area contributed by atoms with Crippen molar-refractivity contribution >= 4 is 16.9 Å². The molecule has 1 N–H and O–H groups in total. The van der Waals surface area contributed by atoms with Gasteiger partial charge in [-0.2, -0.15) is 0 Å². The van der Waals surface area contributed by atoms with Gasteiger partial charge in [0, 0.05) is 39.4 Å². The number of hydrogen-bond donors (Lipinski definition) is 1. The monoisotopic (exact) mass is 331 g/mol. The fourth-order valence-electron chi connectivity index (χ4n) is 3.16. The molecule has 1 atom stereocenters. The van der Waals surface area contributed by atoms with E-state index in [-0.39, 0.29) is 23.0 Å². The second-order valence-electron chi connectivity index (χ2n) is 6.18. The average molecular weight is 331 g/mol. The minimum Gasteiger partial charge on any atom is -0.337 e. The highest BCUT2D eigenvalue weighted by molar-refractivity contribution is 5.96. The third-order valence-electron chi connectivity index (χ3n) is 4.66. The first-order valence-corrected chi connectivity index (χ1v) is 7.96.